The van der Waals surface area contributed by atoms with Crippen molar-refractivity contribution in [3.63, 3.8) is 0 Å². The Morgan fingerprint density at radius 3 is 2.50 bits per heavy atom. The molecule has 1 heterocycles. The minimum absolute atomic E-state index is 0.296. The second-order valence-electron chi connectivity index (χ2n) is 3.43. The van der Waals surface area contributed by atoms with Crippen LogP contribution in [0.3, 0.4) is 0 Å². The fraction of sp³-hybridized carbons (Fsp3) is 0.714. The number of aromatic nitrogens is 3. The number of hydrogen-bond donors (Lipinski definition) is 2. The van der Waals surface area contributed by atoms with Crippen LogP contribution in [0.1, 0.15) is 25.1 Å². The van der Waals surface area contributed by atoms with Gasteiger partial charge in [-0.25, -0.2) is 4.68 Å². The van der Waals surface area contributed by atoms with Gasteiger partial charge in [-0.05, 0) is 19.3 Å². The van der Waals surface area contributed by atoms with E-state index in [0.717, 1.165) is 19.3 Å². The zero-order valence-electron chi connectivity index (χ0n) is 7.12. The molecule has 0 bridgehead atoms. The molecule has 1 saturated carbocycles. The fourth-order valence-corrected chi connectivity index (χ4v) is 1.39. The predicted molar refractivity (Wildman–Crippen MR) is 45.1 cm³/mol. The molecule has 0 aliphatic heterocycles. The van der Waals surface area contributed by atoms with E-state index >= 15 is 0 Å². The highest BCUT2D eigenvalue weighted by Crippen LogP contribution is 2.36. The number of anilines is 1. The molecule has 2 rings (SSSR count). The van der Waals surface area contributed by atoms with Crippen LogP contribution in [0.2, 0.25) is 0 Å². The molecule has 0 aromatic carbocycles. The van der Waals surface area contributed by atoms with E-state index in [2.05, 4.69) is 10.1 Å². The average Bonchev–Trinajstić information content (AvgIpc) is 2.28. The number of nitrogens with zero attached hydrogens (tertiary/aromatic N) is 3. The predicted octanol–water partition coefficient (Wildman–Crippen LogP) is -0.265. The van der Waals surface area contributed by atoms with Crippen molar-refractivity contribution < 1.29 is 0 Å². The van der Waals surface area contributed by atoms with Gasteiger partial charge in [0.05, 0.1) is 5.54 Å². The summed E-state index contributed by atoms with van der Waals surface area (Å²) in [6, 6.07) is 0. The molecule has 5 heteroatoms. The zero-order valence-corrected chi connectivity index (χ0v) is 7.12. The van der Waals surface area contributed by atoms with E-state index in [1.165, 1.54) is 0 Å². The van der Waals surface area contributed by atoms with Crippen molar-refractivity contribution in [2.45, 2.75) is 24.8 Å². The molecule has 0 amide bonds. The first kappa shape index (κ1) is 7.54. The number of hydrogen-bond acceptors (Lipinski definition) is 4. The van der Waals surface area contributed by atoms with Crippen molar-refractivity contribution in [1.29, 1.82) is 0 Å². The van der Waals surface area contributed by atoms with Gasteiger partial charge in [-0.2, -0.15) is 10.1 Å². The standard InChI is InChI=1S/C7H13N5/c1-12-6(8)10-5(11-12)7(9)3-2-4-7/h2-4,9H2,1H3,(H2,8,10,11). The molecular weight excluding hydrogens is 154 g/mol. The first-order valence-electron chi connectivity index (χ1n) is 4.08. The first-order chi connectivity index (χ1) is 5.62. The fourth-order valence-electron chi connectivity index (χ4n) is 1.39. The van der Waals surface area contributed by atoms with Crippen molar-refractivity contribution in [1.82, 2.24) is 14.8 Å². The third-order valence-corrected chi connectivity index (χ3v) is 2.49. The third-order valence-electron chi connectivity index (χ3n) is 2.49. The van der Waals surface area contributed by atoms with Gasteiger partial charge in [0.2, 0.25) is 5.95 Å². The topological polar surface area (TPSA) is 82.8 Å². The highest BCUT2D eigenvalue weighted by Gasteiger charge is 2.38. The van der Waals surface area contributed by atoms with Crippen LogP contribution < -0.4 is 11.5 Å². The van der Waals surface area contributed by atoms with Crippen LogP contribution >= 0.6 is 0 Å². The van der Waals surface area contributed by atoms with Crippen LogP contribution in [-0.4, -0.2) is 14.8 Å². The highest BCUT2D eigenvalue weighted by molar-refractivity contribution is 5.20. The molecule has 12 heavy (non-hydrogen) atoms. The quantitative estimate of drug-likeness (QED) is 0.603. The maximum atomic E-state index is 6.01. The van der Waals surface area contributed by atoms with E-state index in [4.69, 9.17) is 11.5 Å². The Kier molecular flexibility index (Phi) is 1.38. The molecule has 1 aromatic heterocycles. The Morgan fingerprint density at radius 1 is 1.50 bits per heavy atom. The van der Waals surface area contributed by atoms with Crippen molar-refractivity contribution in [3.05, 3.63) is 5.82 Å². The maximum Gasteiger partial charge on any atom is 0.218 e. The lowest BCUT2D eigenvalue weighted by Gasteiger charge is -2.34. The molecule has 0 spiro atoms. The second-order valence-corrected chi connectivity index (χ2v) is 3.43. The third kappa shape index (κ3) is 0.896. The van der Waals surface area contributed by atoms with E-state index in [-0.39, 0.29) is 5.54 Å². The Hall–Kier alpha value is -1.10. The molecule has 1 aliphatic carbocycles. The molecular formula is C7H13N5. The summed E-state index contributed by atoms with van der Waals surface area (Å²) >= 11 is 0. The van der Waals surface area contributed by atoms with Crippen LogP contribution in [0.5, 0.6) is 0 Å². The summed E-state index contributed by atoms with van der Waals surface area (Å²) in [5.74, 6) is 1.12. The zero-order chi connectivity index (χ0) is 8.77. The van der Waals surface area contributed by atoms with Gasteiger partial charge < -0.3 is 11.5 Å². The largest absolute Gasteiger partial charge is 0.368 e. The van der Waals surface area contributed by atoms with Crippen LogP contribution in [0.25, 0.3) is 0 Å². The van der Waals surface area contributed by atoms with Crippen LogP contribution in [0.15, 0.2) is 0 Å². The summed E-state index contributed by atoms with van der Waals surface area (Å²) in [5, 5.41) is 4.16. The summed E-state index contributed by atoms with van der Waals surface area (Å²) in [6.07, 6.45) is 3.10. The lowest BCUT2D eigenvalue weighted by Crippen LogP contribution is -2.44. The molecule has 1 fully saturated rings. The number of nitrogens with two attached hydrogens (primary N) is 2. The van der Waals surface area contributed by atoms with Gasteiger partial charge in [0.15, 0.2) is 5.82 Å². The lowest BCUT2D eigenvalue weighted by molar-refractivity contribution is 0.238. The minimum atomic E-state index is -0.296. The number of rotatable bonds is 1. The summed E-state index contributed by atoms with van der Waals surface area (Å²) in [6.45, 7) is 0. The van der Waals surface area contributed by atoms with E-state index in [1.807, 2.05) is 0 Å². The average molecular weight is 167 g/mol. The first-order valence-corrected chi connectivity index (χ1v) is 4.08. The van der Waals surface area contributed by atoms with Crippen molar-refractivity contribution >= 4 is 5.95 Å². The summed E-state index contributed by atoms with van der Waals surface area (Å²) in [5.41, 5.74) is 11.3. The van der Waals surface area contributed by atoms with E-state index < -0.39 is 0 Å². The molecule has 0 radical (unpaired) electrons. The number of aryl methyl sites for hydroxylation is 1. The minimum Gasteiger partial charge on any atom is -0.368 e. The maximum absolute atomic E-state index is 6.01. The molecule has 1 aromatic rings. The second kappa shape index (κ2) is 2.20. The van der Waals surface area contributed by atoms with Gasteiger partial charge in [-0.3, -0.25) is 0 Å². The van der Waals surface area contributed by atoms with Crippen molar-refractivity contribution in [2.75, 3.05) is 5.73 Å². The molecule has 4 N–H and O–H groups in total. The van der Waals surface area contributed by atoms with Gasteiger partial charge in [-0.1, -0.05) is 0 Å². The highest BCUT2D eigenvalue weighted by atomic mass is 15.4. The Morgan fingerprint density at radius 2 is 2.17 bits per heavy atom. The van der Waals surface area contributed by atoms with Crippen LogP contribution in [-0.2, 0) is 12.6 Å². The number of nitrogen functional groups attached to an aromatic ring is 1. The molecule has 66 valence electrons. The molecule has 5 nitrogen and oxygen atoms in total. The Balaban J connectivity index is 2.34. The van der Waals surface area contributed by atoms with E-state index in [0.29, 0.717) is 11.8 Å². The van der Waals surface area contributed by atoms with Crippen molar-refractivity contribution in [2.24, 2.45) is 12.8 Å². The lowest BCUT2D eigenvalue weighted by atomic mass is 9.77. The van der Waals surface area contributed by atoms with Gasteiger partial charge >= 0.3 is 0 Å². The van der Waals surface area contributed by atoms with Crippen LogP contribution in [0.4, 0.5) is 5.95 Å². The Bertz CT molecular complexity index is 279. The molecule has 0 unspecified atom stereocenters. The van der Waals surface area contributed by atoms with Gasteiger partial charge in [-0.15, -0.1) is 0 Å². The summed E-state index contributed by atoms with van der Waals surface area (Å²) < 4.78 is 1.56. The summed E-state index contributed by atoms with van der Waals surface area (Å²) in [7, 11) is 1.77. The monoisotopic (exact) mass is 167 g/mol. The molecule has 1 aliphatic rings. The SMILES string of the molecule is Cn1nc(C2(N)CCC2)nc1N. The van der Waals surface area contributed by atoms with Gasteiger partial charge in [0.1, 0.15) is 0 Å². The smallest absolute Gasteiger partial charge is 0.218 e. The normalized spacial score (nSPS) is 20.5. The Labute approximate surface area is 70.8 Å². The van der Waals surface area contributed by atoms with Gasteiger partial charge in [0.25, 0.3) is 0 Å². The molecule has 0 saturated heterocycles. The van der Waals surface area contributed by atoms with E-state index in [9.17, 15) is 0 Å². The van der Waals surface area contributed by atoms with Crippen molar-refractivity contribution in [3.8, 4) is 0 Å². The van der Waals surface area contributed by atoms with Crippen LogP contribution in [0, 0.1) is 0 Å². The van der Waals surface area contributed by atoms with Gasteiger partial charge in [0, 0.05) is 7.05 Å². The molecule has 0 atom stereocenters. The van der Waals surface area contributed by atoms with E-state index in [1.54, 1.807) is 11.7 Å². The summed E-state index contributed by atoms with van der Waals surface area (Å²) in [4.78, 5) is 4.11.